The van der Waals surface area contributed by atoms with E-state index in [1.807, 2.05) is 23.2 Å². The number of hydrogen-bond acceptors (Lipinski definition) is 3. The highest BCUT2D eigenvalue weighted by molar-refractivity contribution is 7.99. The second kappa shape index (κ2) is 9.01. The Morgan fingerprint density at radius 1 is 1.25 bits per heavy atom. The van der Waals surface area contributed by atoms with Crippen molar-refractivity contribution in [2.24, 2.45) is 11.8 Å². The third kappa shape index (κ3) is 6.94. The maximum Gasteiger partial charge on any atom is 0.232 e. The van der Waals surface area contributed by atoms with Crippen molar-refractivity contribution in [3.63, 3.8) is 0 Å². The molecule has 0 bridgehead atoms. The Morgan fingerprint density at radius 2 is 1.90 bits per heavy atom. The molecule has 0 unspecified atom stereocenters. The fourth-order valence-corrected chi connectivity index (χ4v) is 2.86. The molecule has 1 aromatic heterocycles. The first-order valence-electron chi connectivity index (χ1n) is 7.23. The van der Waals surface area contributed by atoms with Crippen molar-refractivity contribution in [3.05, 3.63) is 30.1 Å². The Bertz CT molecular complexity index is 383. The van der Waals surface area contributed by atoms with Gasteiger partial charge >= 0.3 is 0 Å². The summed E-state index contributed by atoms with van der Waals surface area (Å²) in [4.78, 5) is 18.4. The second-order valence-electron chi connectivity index (χ2n) is 5.94. The highest BCUT2D eigenvalue weighted by atomic mass is 32.2. The van der Waals surface area contributed by atoms with Crippen molar-refractivity contribution in [2.45, 2.75) is 33.4 Å². The zero-order chi connectivity index (χ0) is 15.0. The average molecular weight is 294 g/mol. The first-order valence-corrected chi connectivity index (χ1v) is 8.39. The average Bonchev–Trinajstić information content (AvgIpc) is 2.38. The highest BCUT2D eigenvalue weighted by Gasteiger charge is 2.16. The van der Waals surface area contributed by atoms with Gasteiger partial charge in [0, 0.05) is 31.2 Å². The lowest BCUT2D eigenvalue weighted by Crippen LogP contribution is -2.38. The minimum atomic E-state index is 0.251. The van der Waals surface area contributed by atoms with Crippen LogP contribution < -0.4 is 0 Å². The van der Waals surface area contributed by atoms with Gasteiger partial charge in [-0.25, -0.2) is 0 Å². The molecule has 112 valence electrons. The van der Waals surface area contributed by atoms with Crippen molar-refractivity contribution >= 4 is 17.7 Å². The molecule has 0 aromatic carbocycles. The quantitative estimate of drug-likeness (QED) is 0.736. The molecule has 0 aliphatic rings. The number of nitrogens with zero attached hydrogens (tertiary/aromatic N) is 2. The van der Waals surface area contributed by atoms with Crippen molar-refractivity contribution in [3.8, 4) is 0 Å². The molecule has 0 fully saturated rings. The van der Waals surface area contributed by atoms with E-state index in [0.29, 0.717) is 17.6 Å². The van der Waals surface area contributed by atoms with E-state index in [-0.39, 0.29) is 5.91 Å². The minimum Gasteiger partial charge on any atom is -0.341 e. The van der Waals surface area contributed by atoms with Gasteiger partial charge in [-0.05, 0) is 23.5 Å². The number of hydrogen-bond donors (Lipinski definition) is 0. The van der Waals surface area contributed by atoms with Crippen LogP contribution in [0.25, 0.3) is 0 Å². The standard InChI is InChI=1S/C16H26N2OS/c1-13(2)9-18(10-14(3)4)16(19)12-20-11-15-6-5-7-17-8-15/h5-8,13-14H,9-12H2,1-4H3. The molecular weight excluding hydrogens is 268 g/mol. The van der Waals surface area contributed by atoms with Gasteiger partial charge < -0.3 is 4.90 Å². The van der Waals surface area contributed by atoms with E-state index in [2.05, 4.69) is 32.7 Å². The summed E-state index contributed by atoms with van der Waals surface area (Å²) in [7, 11) is 0. The van der Waals surface area contributed by atoms with Gasteiger partial charge in [0.05, 0.1) is 5.75 Å². The largest absolute Gasteiger partial charge is 0.341 e. The summed E-state index contributed by atoms with van der Waals surface area (Å²) in [6.07, 6.45) is 3.63. The highest BCUT2D eigenvalue weighted by Crippen LogP contribution is 2.13. The van der Waals surface area contributed by atoms with Gasteiger partial charge in [0.15, 0.2) is 0 Å². The fraction of sp³-hybridized carbons (Fsp3) is 0.625. The Hall–Kier alpha value is -1.03. The summed E-state index contributed by atoms with van der Waals surface area (Å²) in [5.41, 5.74) is 1.17. The molecule has 0 aliphatic carbocycles. The Kier molecular flexibility index (Phi) is 7.67. The summed E-state index contributed by atoms with van der Waals surface area (Å²) in [6, 6.07) is 3.98. The SMILES string of the molecule is CC(C)CN(CC(C)C)C(=O)CSCc1cccnc1. The van der Waals surface area contributed by atoms with Gasteiger partial charge in [-0.2, -0.15) is 0 Å². The van der Waals surface area contributed by atoms with Crippen LogP contribution in [0.3, 0.4) is 0 Å². The van der Waals surface area contributed by atoms with Gasteiger partial charge in [0.1, 0.15) is 0 Å². The van der Waals surface area contributed by atoms with Crippen LogP contribution in [0.5, 0.6) is 0 Å². The minimum absolute atomic E-state index is 0.251. The molecule has 0 atom stereocenters. The van der Waals surface area contributed by atoms with Gasteiger partial charge in [-0.15, -0.1) is 11.8 Å². The van der Waals surface area contributed by atoms with Crippen molar-refractivity contribution in [2.75, 3.05) is 18.8 Å². The molecule has 0 spiro atoms. The van der Waals surface area contributed by atoms with E-state index < -0.39 is 0 Å². The maximum absolute atomic E-state index is 12.3. The number of aromatic nitrogens is 1. The van der Waals surface area contributed by atoms with Crippen LogP contribution in [0.2, 0.25) is 0 Å². The lowest BCUT2D eigenvalue weighted by atomic mass is 10.1. The number of amides is 1. The molecule has 0 N–H and O–H groups in total. The maximum atomic E-state index is 12.3. The topological polar surface area (TPSA) is 33.2 Å². The summed E-state index contributed by atoms with van der Waals surface area (Å²) in [5, 5.41) is 0. The molecule has 1 aromatic rings. The van der Waals surface area contributed by atoms with Crippen molar-refractivity contribution in [1.82, 2.24) is 9.88 Å². The smallest absolute Gasteiger partial charge is 0.232 e. The van der Waals surface area contributed by atoms with Crippen LogP contribution in [0.15, 0.2) is 24.5 Å². The van der Waals surface area contributed by atoms with E-state index in [9.17, 15) is 4.79 Å². The van der Waals surface area contributed by atoms with Gasteiger partial charge in [0.2, 0.25) is 5.91 Å². The first-order chi connectivity index (χ1) is 9.49. The zero-order valence-electron chi connectivity index (χ0n) is 13.0. The van der Waals surface area contributed by atoms with E-state index in [1.165, 1.54) is 5.56 Å². The summed E-state index contributed by atoms with van der Waals surface area (Å²) in [5.74, 6) is 2.67. The third-order valence-electron chi connectivity index (χ3n) is 2.74. The van der Waals surface area contributed by atoms with E-state index in [1.54, 1.807) is 18.0 Å². The lowest BCUT2D eigenvalue weighted by molar-refractivity contribution is -0.129. The summed E-state index contributed by atoms with van der Waals surface area (Å²) in [6.45, 7) is 10.3. The second-order valence-corrected chi connectivity index (χ2v) is 6.93. The molecule has 0 aliphatic heterocycles. The number of pyridine rings is 1. The Balaban J connectivity index is 2.41. The van der Waals surface area contributed by atoms with Crippen molar-refractivity contribution < 1.29 is 4.79 Å². The summed E-state index contributed by atoms with van der Waals surface area (Å²) < 4.78 is 0. The molecule has 3 nitrogen and oxygen atoms in total. The van der Waals surface area contributed by atoms with E-state index in [0.717, 1.165) is 18.8 Å². The van der Waals surface area contributed by atoms with Crippen LogP contribution in [-0.2, 0) is 10.5 Å². The molecular formula is C16H26N2OS. The monoisotopic (exact) mass is 294 g/mol. The first kappa shape index (κ1) is 17.0. The molecule has 1 amide bonds. The van der Waals surface area contributed by atoms with Crippen LogP contribution in [0.1, 0.15) is 33.3 Å². The molecule has 4 heteroatoms. The van der Waals surface area contributed by atoms with Gasteiger partial charge in [-0.3, -0.25) is 9.78 Å². The number of carbonyl (C=O) groups excluding carboxylic acids is 1. The fourth-order valence-electron chi connectivity index (χ4n) is 1.99. The molecule has 0 saturated heterocycles. The Morgan fingerprint density at radius 3 is 2.40 bits per heavy atom. The summed E-state index contributed by atoms with van der Waals surface area (Å²) >= 11 is 1.67. The van der Waals surface area contributed by atoms with E-state index in [4.69, 9.17) is 0 Å². The third-order valence-corrected chi connectivity index (χ3v) is 3.73. The van der Waals surface area contributed by atoms with Gasteiger partial charge in [-0.1, -0.05) is 33.8 Å². The predicted molar refractivity (Wildman–Crippen MR) is 86.7 cm³/mol. The number of thioether (sulfide) groups is 1. The van der Waals surface area contributed by atoms with Crippen LogP contribution in [0, 0.1) is 11.8 Å². The lowest BCUT2D eigenvalue weighted by Gasteiger charge is -2.26. The number of rotatable bonds is 8. The molecule has 0 radical (unpaired) electrons. The van der Waals surface area contributed by atoms with Crippen molar-refractivity contribution in [1.29, 1.82) is 0 Å². The van der Waals surface area contributed by atoms with Gasteiger partial charge in [0.25, 0.3) is 0 Å². The van der Waals surface area contributed by atoms with E-state index >= 15 is 0 Å². The normalized spacial score (nSPS) is 11.1. The van der Waals surface area contributed by atoms with Crippen LogP contribution >= 0.6 is 11.8 Å². The molecule has 1 rings (SSSR count). The molecule has 0 saturated carbocycles. The molecule has 20 heavy (non-hydrogen) atoms. The predicted octanol–water partition coefficient (Wildman–Crippen LogP) is 3.46. The van der Waals surface area contributed by atoms with Crippen LogP contribution in [0.4, 0.5) is 0 Å². The Labute approximate surface area is 127 Å². The van der Waals surface area contributed by atoms with Crippen LogP contribution in [-0.4, -0.2) is 34.6 Å². The zero-order valence-corrected chi connectivity index (χ0v) is 13.8. The number of carbonyl (C=O) groups is 1. The molecule has 1 heterocycles.